The van der Waals surface area contributed by atoms with Crippen molar-refractivity contribution >= 4 is 6.03 Å². The van der Waals surface area contributed by atoms with Crippen LogP contribution in [0.5, 0.6) is 5.75 Å². The number of urea groups is 1. The van der Waals surface area contributed by atoms with Crippen LogP contribution < -0.4 is 15.4 Å². The van der Waals surface area contributed by atoms with Gasteiger partial charge in [0.25, 0.3) is 0 Å². The summed E-state index contributed by atoms with van der Waals surface area (Å²) in [5, 5.41) is 5.46. The smallest absolute Gasteiger partial charge is 0.314 e. The highest BCUT2D eigenvalue weighted by molar-refractivity contribution is 5.73. The van der Waals surface area contributed by atoms with Crippen LogP contribution >= 0.6 is 0 Å². The predicted molar refractivity (Wildman–Crippen MR) is 95.5 cm³/mol. The summed E-state index contributed by atoms with van der Waals surface area (Å²) in [7, 11) is 0. The van der Waals surface area contributed by atoms with Crippen LogP contribution in [0.25, 0.3) is 0 Å². The summed E-state index contributed by atoms with van der Waals surface area (Å²) in [6, 6.07) is 12.5. The van der Waals surface area contributed by atoms with Gasteiger partial charge in [-0.25, -0.2) is 9.18 Å². The molecule has 2 aromatic rings. The lowest BCUT2D eigenvalue weighted by Gasteiger charge is -2.10. The average molecular weight is 342 g/mol. The zero-order valence-electron chi connectivity index (χ0n) is 14.2. The number of rotatable bonds is 7. The molecule has 0 aromatic heterocycles. The fraction of sp³-hybridized carbons (Fsp3) is 0.350. The van der Waals surface area contributed by atoms with Crippen LogP contribution in [-0.4, -0.2) is 25.7 Å². The van der Waals surface area contributed by atoms with Crippen LogP contribution in [0.1, 0.15) is 23.1 Å². The van der Waals surface area contributed by atoms with E-state index in [1.807, 2.05) is 6.07 Å². The molecule has 2 N–H and O–H groups in total. The number of fused-ring (bicyclic) bond motifs is 1. The Bertz CT molecular complexity index is 733. The molecule has 0 radical (unpaired) electrons. The van der Waals surface area contributed by atoms with E-state index in [-0.39, 0.29) is 11.8 Å². The van der Waals surface area contributed by atoms with Crippen molar-refractivity contribution in [2.24, 2.45) is 0 Å². The minimum Gasteiger partial charge on any atom is -0.492 e. The summed E-state index contributed by atoms with van der Waals surface area (Å²) < 4.78 is 19.1. The van der Waals surface area contributed by atoms with Gasteiger partial charge in [0.2, 0.25) is 0 Å². The second-order valence-electron chi connectivity index (χ2n) is 6.16. The van der Waals surface area contributed by atoms with E-state index in [4.69, 9.17) is 4.74 Å². The van der Waals surface area contributed by atoms with E-state index in [2.05, 4.69) is 22.8 Å². The van der Waals surface area contributed by atoms with Gasteiger partial charge in [0.1, 0.15) is 18.2 Å². The monoisotopic (exact) mass is 342 g/mol. The van der Waals surface area contributed by atoms with Gasteiger partial charge in [-0.15, -0.1) is 0 Å². The number of halogens is 1. The normalized spacial score (nSPS) is 12.5. The molecule has 2 amide bonds. The molecule has 0 aliphatic heterocycles. The molecule has 0 unspecified atom stereocenters. The highest BCUT2D eigenvalue weighted by atomic mass is 19.1. The topological polar surface area (TPSA) is 50.4 Å². The summed E-state index contributed by atoms with van der Waals surface area (Å²) >= 11 is 0. The minimum absolute atomic E-state index is 0.243. The lowest BCUT2D eigenvalue weighted by Crippen LogP contribution is -2.38. The molecule has 5 heteroatoms. The molecular formula is C20H23FN2O2. The van der Waals surface area contributed by atoms with E-state index < -0.39 is 0 Å². The summed E-state index contributed by atoms with van der Waals surface area (Å²) in [5.74, 6) is 0.606. The Morgan fingerprint density at radius 1 is 1.04 bits per heavy atom. The van der Waals surface area contributed by atoms with Crippen LogP contribution in [0, 0.1) is 5.82 Å². The number of amides is 2. The van der Waals surface area contributed by atoms with E-state index >= 15 is 0 Å². The Morgan fingerprint density at radius 2 is 1.84 bits per heavy atom. The maximum atomic E-state index is 13.5. The third-order valence-corrected chi connectivity index (χ3v) is 4.36. The first kappa shape index (κ1) is 17.3. The molecule has 0 heterocycles. The first-order valence-electron chi connectivity index (χ1n) is 8.72. The van der Waals surface area contributed by atoms with Gasteiger partial charge >= 0.3 is 6.03 Å². The molecule has 2 aromatic carbocycles. The quantitative estimate of drug-likeness (QED) is 0.759. The molecule has 0 bridgehead atoms. The van der Waals surface area contributed by atoms with Gasteiger partial charge in [-0.3, -0.25) is 0 Å². The number of carbonyl (C=O) groups is 1. The van der Waals surface area contributed by atoms with Crippen LogP contribution in [0.15, 0.2) is 42.5 Å². The Kier molecular flexibility index (Phi) is 5.88. The zero-order chi connectivity index (χ0) is 17.5. The largest absolute Gasteiger partial charge is 0.492 e. The Hall–Kier alpha value is -2.56. The minimum atomic E-state index is -0.270. The van der Waals surface area contributed by atoms with Crippen molar-refractivity contribution in [3.05, 3.63) is 65.0 Å². The molecule has 0 saturated heterocycles. The standard InChI is InChI=1S/C20H23FN2O2/c21-19-7-2-1-4-16(19)10-11-22-20(24)23-12-13-25-18-9-8-15-5-3-6-17(15)14-18/h1-2,4,7-9,14H,3,5-6,10-13H2,(H2,22,23,24). The Balaban J connectivity index is 1.31. The third-order valence-electron chi connectivity index (χ3n) is 4.36. The van der Waals surface area contributed by atoms with Gasteiger partial charge in [-0.1, -0.05) is 24.3 Å². The number of hydrogen-bond acceptors (Lipinski definition) is 2. The van der Waals surface area contributed by atoms with Gasteiger partial charge in [0.05, 0.1) is 6.54 Å². The number of ether oxygens (including phenoxy) is 1. The molecule has 1 aliphatic rings. The van der Waals surface area contributed by atoms with Crippen LogP contribution in [-0.2, 0) is 19.3 Å². The molecule has 0 saturated carbocycles. The molecule has 4 nitrogen and oxygen atoms in total. The van der Waals surface area contributed by atoms with Gasteiger partial charge in [-0.2, -0.15) is 0 Å². The van der Waals surface area contributed by atoms with Gasteiger partial charge in [0, 0.05) is 6.54 Å². The lowest BCUT2D eigenvalue weighted by molar-refractivity contribution is 0.236. The number of aryl methyl sites for hydroxylation is 2. The first-order chi connectivity index (χ1) is 12.2. The molecule has 0 atom stereocenters. The molecule has 25 heavy (non-hydrogen) atoms. The number of hydrogen-bond donors (Lipinski definition) is 2. The highest BCUT2D eigenvalue weighted by Gasteiger charge is 2.11. The van der Waals surface area contributed by atoms with E-state index in [0.717, 1.165) is 18.6 Å². The second kappa shape index (κ2) is 8.51. The Morgan fingerprint density at radius 3 is 2.72 bits per heavy atom. The van der Waals surface area contributed by atoms with Gasteiger partial charge < -0.3 is 15.4 Å². The summed E-state index contributed by atoms with van der Waals surface area (Å²) in [6.07, 6.45) is 3.96. The predicted octanol–water partition coefficient (Wildman–Crippen LogP) is 3.24. The maximum Gasteiger partial charge on any atom is 0.314 e. The molecule has 3 rings (SSSR count). The molecule has 1 aliphatic carbocycles. The van der Waals surface area contributed by atoms with E-state index in [9.17, 15) is 9.18 Å². The lowest BCUT2D eigenvalue weighted by atomic mass is 10.1. The van der Waals surface area contributed by atoms with Crippen molar-refractivity contribution in [2.75, 3.05) is 19.7 Å². The zero-order valence-corrected chi connectivity index (χ0v) is 14.2. The molecule has 0 spiro atoms. The van der Waals surface area contributed by atoms with E-state index in [1.165, 1.54) is 23.6 Å². The fourth-order valence-corrected chi connectivity index (χ4v) is 3.05. The van der Waals surface area contributed by atoms with Crippen molar-refractivity contribution in [3.63, 3.8) is 0 Å². The van der Waals surface area contributed by atoms with Crippen molar-refractivity contribution in [2.45, 2.75) is 25.7 Å². The first-order valence-corrected chi connectivity index (χ1v) is 8.72. The summed E-state index contributed by atoms with van der Waals surface area (Å²) in [5.41, 5.74) is 3.39. The van der Waals surface area contributed by atoms with Gasteiger partial charge in [0.15, 0.2) is 0 Å². The number of carbonyl (C=O) groups excluding carboxylic acids is 1. The molecule has 132 valence electrons. The van der Waals surface area contributed by atoms with E-state index in [0.29, 0.717) is 31.7 Å². The second-order valence-corrected chi connectivity index (χ2v) is 6.16. The number of nitrogens with one attached hydrogen (secondary N) is 2. The van der Waals surface area contributed by atoms with Crippen molar-refractivity contribution in [3.8, 4) is 5.75 Å². The SMILES string of the molecule is O=C(NCCOc1ccc2c(c1)CCC2)NCCc1ccccc1F. The van der Waals surface area contributed by atoms with Crippen LogP contribution in [0.2, 0.25) is 0 Å². The van der Waals surface area contributed by atoms with Crippen molar-refractivity contribution in [1.82, 2.24) is 10.6 Å². The molecule has 0 fully saturated rings. The van der Waals surface area contributed by atoms with Gasteiger partial charge in [-0.05, 0) is 60.6 Å². The van der Waals surface area contributed by atoms with Crippen LogP contribution in [0.3, 0.4) is 0 Å². The number of benzene rings is 2. The van der Waals surface area contributed by atoms with E-state index in [1.54, 1.807) is 18.2 Å². The average Bonchev–Trinajstić information content (AvgIpc) is 3.08. The summed E-state index contributed by atoms with van der Waals surface area (Å²) in [6.45, 7) is 1.22. The Labute approximate surface area is 147 Å². The van der Waals surface area contributed by atoms with Crippen molar-refractivity contribution < 1.29 is 13.9 Å². The molecular weight excluding hydrogens is 319 g/mol. The van der Waals surface area contributed by atoms with Crippen molar-refractivity contribution in [1.29, 1.82) is 0 Å². The fourth-order valence-electron chi connectivity index (χ4n) is 3.05. The maximum absolute atomic E-state index is 13.5. The highest BCUT2D eigenvalue weighted by Crippen LogP contribution is 2.25. The summed E-state index contributed by atoms with van der Waals surface area (Å²) in [4.78, 5) is 11.7. The third kappa shape index (κ3) is 4.95. The van der Waals surface area contributed by atoms with Crippen LogP contribution in [0.4, 0.5) is 9.18 Å².